The summed E-state index contributed by atoms with van der Waals surface area (Å²) >= 11 is 0. The third-order valence-electron chi connectivity index (χ3n) is 17.1. The van der Waals surface area contributed by atoms with E-state index in [1.807, 2.05) is 60.0 Å². The number of nitro groups is 2. The van der Waals surface area contributed by atoms with E-state index in [0.29, 0.717) is 102 Å². The number of non-ortho nitro benzene ring substituents is 1. The highest BCUT2D eigenvalue weighted by molar-refractivity contribution is 6.45. The number of hydrogen-bond donors (Lipinski definition) is 3. The Morgan fingerprint density at radius 3 is 1.49 bits per heavy atom. The maximum atomic E-state index is 14.0. The monoisotopic (exact) mass is 1250 g/mol. The number of nitrogen functional groups attached to an aromatic ring is 1. The van der Waals surface area contributed by atoms with Crippen LogP contribution in [0.2, 0.25) is 0 Å². The van der Waals surface area contributed by atoms with Gasteiger partial charge in [0.25, 0.3) is 40.9 Å². The molecule has 91 heavy (non-hydrogen) atoms. The van der Waals surface area contributed by atoms with Crippen molar-refractivity contribution in [2.24, 2.45) is 5.90 Å². The number of nitrogens with one attached hydrogen (secondary N) is 1. The minimum absolute atomic E-state index is 0.00310. The number of nitrogens with zero attached hydrogens (tertiary/aromatic N) is 9. The van der Waals surface area contributed by atoms with Crippen LogP contribution in [-0.4, -0.2) is 174 Å². The number of Topliss-reactive ketones (excluding diaryl/α,β-unsaturated/α-hetero) is 2. The molecule has 4 aliphatic heterocycles. The fourth-order valence-corrected chi connectivity index (χ4v) is 12.2. The van der Waals surface area contributed by atoms with Gasteiger partial charge in [0, 0.05) is 136 Å². The maximum Gasteiger partial charge on any atom is 0.320 e. The third-order valence-corrected chi connectivity index (χ3v) is 17.1. The summed E-state index contributed by atoms with van der Waals surface area (Å²) < 4.78 is 13.1. The quantitative estimate of drug-likeness (QED) is 0.0254. The van der Waals surface area contributed by atoms with Gasteiger partial charge in [-0.2, -0.15) is 5.90 Å². The van der Waals surface area contributed by atoms with Gasteiger partial charge in [0.1, 0.15) is 11.5 Å². The average Bonchev–Trinajstić information content (AvgIpc) is 1.70. The van der Waals surface area contributed by atoms with Gasteiger partial charge >= 0.3 is 5.69 Å². The first kappa shape index (κ1) is 65.7. The zero-order valence-corrected chi connectivity index (χ0v) is 52.1. The molecule has 0 saturated carbocycles. The molecule has 0 unspecified atom stereocenters. The molecule has 480 valence electrons. The minimum Gasteiger partial charge on any atom is -0.493 e. The van der Waals surface area contributed by atoms with Gasteiger partial charge in [-0.15, -0.1) is 0 Å². The van der Waals surface area contributed by atoms with E-state index in [-0.39, 0.29) is 47.3 Å². The number of fused-ring (bicyclic) bond motifs is 2. The lowest BCUT2D eigenvalue weighted by Crippen LogP contribution is -2.57. The van der Waals surface area contributed by atoms with E-state index < -0.39 is 44.6 Å². The number of carbonyl (C=O) groups excluding carboxylic acids is 6. The number of likely N-dealkylation sites (tertiary alicyclic amines) is 2. The van der Waals surface area contributed by atoms with Crippen molar-refractivity contribution in [3.63, 3.8) is 0 Å². The first-order valence-electron chi connectivity index (χ1n) is 30.7. The summed E-state index contributed by atoms with van der Waals surface area (Å²) in [7, 11) is 0. The summed E-state index contributed by atoms with van der Waals surface area (Å²) in [5.74, 6) is 9.16. The van der Waals surface area contributed by atoms with E-state index in [9.17, 15) is 49.0 Å². The van der Waals surface area contributed by atoms with Gasteiger partial charge in [-0.1, -0.05) is 60.7 Å². The van der Waals surface area contributed by atoms with Crippen molar-refractivity contribution in [1.82, 2.24) is 39.1 Å². The van der Waals surface area contributed by atoms with Crippen LogP contribution in [0.1, 0.15) is 120 Å². The molecule has 7 aromatic rings. The molecule has 4 fully saturated rings. The van der Waals surface area contributed by atoms with Gasteiger partial charge in [-0.25, -0.2) is 0 Å². The number of nitro benzene ring substituents is 2. The van der Waals surface area contributed by atoms with E-state index in [2.05, 4.69) is 71.6 Å². The first-order valence-corrected chi connectivity index (χ1v) is 30.7. The number of ether oxygens (including phenoxy) is 2. The van der Waals surface area contributed by atoms with Crippen molar-refractivity contribution in [3.8, 4) is 17.2 Å². The van der Waals surface area contributed by atoms with E-state index in [1.165, 1.54) is 22.0 Å². The number of H-pyrrole nitrogens is 1. The molecule has 5 N–H and O–H groups in total. The molecule has 0 bridgehead atoms. The number of rotatable bonds is 17. The molecular weight excluding hydrogens is 1170 g/mol. The van der Waals surface area contributed by atoms with Crippen molar-refractivity contribution in [1.29, 1.82) is 0 Å². The summed E-state index contributed by atoms with van der Waals surface area (Å²) in [6.45, 7) is 19.6. The van der Waals surface area contributed by atoms with Crippen LogP contribution < -0.4 is 26.1 Å². The predicted molar refractivity (Wildman–Crippen MR) is 341 cm³/mol. The van der Waals surface area contributed by atoms with Crippen LogP contribution in [-0.2, 0) is 22.7 Å². The second kappa shape index (κ2) is 29.3. The van der Waals surface area contributed by atoms with Crippen molar-refractivity contribution in [2.75, 3.05) is 71.4 Å². The van der Waals surface area contributed by atoms with E-state index in [4.69, 9.17) is 21.2 Å². The van der Waals surface area contributed by atoms with Gasteiger partial charge in [0.05, 0.1) is 56.9 Å². The largest absolute Gasteiger partial charge is 0.493 e. The van der Waals surface area contributed by atoms with Crippen LogP contribution in [0.25, 0.3) is 21.8 Å². The number of nitrogens with two attached hydrogens (primary N) is 2. The number of amides is 4. The second-order valence-corrected chi connectivity index (χ2v) is 23.4. The maximum absolute atomic E-state index is 14.0. The van der Waals surface area contributed by atoms with Crippen LogP contribution >= 0.6 is 0 Å². The van der Waals surface area contributed by atoms with Crippen LogP contribution in [0.5, 0.6) is 17.2 Å². The Kier molecular flexibility index (Phi) is 21.1. The molecule has 5 aromatic carbocycles. The molecule has 0 aliphatic carbocycles. The van der Waals surface area contributed by atoms with E-state index in [0.717, 1.165) is 70.1 Å². The first-order chi connectivity index (χ1) is 43.7. The molecule has 4 atom stereocenters. The minimum atomic E-state index is -0.810. The number of carbonyl (C=O) groups is 6. The molecule has 0 spiro atoms. The number of hydrogen-bond acceptors (Lipinski definition) is 17. The summed E-state index contributed by atoms with van der Waals surface area (Å²) in [4.78, 5) is 118. The zero-order valence-electron chi connectivity index (χ0n) is 52.1. The Hall–Kier alpha value is -9.72. The van der Waals surface area contributed by atoms with Crippen molar-refractivity contribution >= 4 is 68.4 Å². The number of piperazine rings is 2. The van der Waals surface area contributed by atoms with Gasteiger partial charge in [0.15, 0.2) is 0 Å². The predicted octanol–water partition coefficient (Wildman–Crippen LogP) is 8.16. The Morgan fingerprint density at radius 2 is 1.03 bits per heavy atom. The van der Waals surface area contributed by atoms with E-state index >= 15 is 0 Å². The van der Waals surface area contributed by atoms with Crippen LogP contribution in [0.3, 0.4) is 0 Å². The lowest BCUT2D eigenvalue weighted by molar-refractivity contribution is -0.394. The number of ketones is 2. The fraction of sp³-hybridized carbons (Fsp3) is 0.394. The van der Waals surface area contributed by atoms with Gasteiger partial charge in [0.2, 0.25) is 5.75 Å². The van der Waals surface area contributed by atoms with Gasteiger partial charge < -0.3 is 44.7 Å². The highest BCUT2D eigenvalue weighted by atomic mass is 16.6. The highest BCUT2D eigenvalue weighted by Crippen LogP contribution is 2.35. The highest BCUT2D eigenvalue weighted by Gasteiger charge is 2.37. The number of aromatic amines is 1. The summed E-state index contributed by atoms with van der Waals surface area (Å²) in [5.41, 5.74) is 4.04. The van der Waals surface area contributed by atoms with Gasteiger partial charge in [-0.05, 0) is 96.6 Å². The molecule has 4 amide bonds. The van der Waals surface area contributed by atoms with Crippen molar-refractivity contribution < 1.29 is 52.9 Å². The lowest BCUT2D eigenvalue weighted by Gasteiger charge is -2.44. The summed E-state index contributed by atoms with van der Waals surface area (Å²) in [6, 6.07) is 30.8. The Labute approximate surface area is 526 Å². The molecule has 2 aromatic heterocycles. The second-order valence-electron chi connectivity index (χ2n) is 23.4. The molecule has 4 saturated heterocycles. The molecule has 0 radical (unpaired) electrons. The summed E-state index contributed by atoms with van der Waals surface area (Å²) in [5, 5.41) is 21.7. The van der Waals surface area contributed by atoms with Crippen LogP contribution in [0, 0.1) is 20.2 Å². The van der Waals surface area contributed by atoms with Gasteiger partial charge in [-0.3, -0.25) is 63.5 Å². The normalized spacial score (nSPS) is 18.5. The third kappa shape index (κ3) is 14.8. The fourth-order valence-electron chi connectivity index (χ4n) is 12.2. The molecule has 11 rings (SSSR count). The Morgan fingerprint density at radius 1 is 0.560 bits per heavy atom. The topological polar surface area (TPSA) is 309 Å². The van der Waals surface area contributed by atoms with Crippen molar-refractivity contribution in [2.45, 2.75) is 104 Å². The lowest BCUT2D eigenvalue weighted by atomic mass is 10.0. The molecule has 6 heterocycles. The smallest absolute Gasteiger partial charge is 0.320 e. The van der Waals surface area contributed by atoms with Crippen LogP contribution in [0.4, 0.5) is 11.4 Å². The van der Waals surface area contributed by atoms with E-state index in [1.54, 1.807) is 40.3 Å². The SMILES string of the molecule is CCOc1cc2[nH]cc(C(=O)C(=O)N3CCCC3)c2cc1C(=O)N1C[C@H](C)N(Cc2ccccc2)C[C@H]1C.CCOc1cc2c(cc1C(=O)N1C[C@H](C)N(Cc3ccccc3)C[C@H]1C)c(C(=O)C(=O)N1CCCC1)cn2N.NOc1ccc([N+](=O)[O-])cc1[N+](=O)[O-]. The standard InChI is InChI=1S/C30H37N5O4.C30H36N4O4.C6H5N3O5/c1-4-39-27-15-26-23(25(19-35(26)31)28(36)30(38)32-12-8-9-13-32)14-24(27)29(37)34-17-20(2)33(16-21(34)3)18-22-10-6-5-7-11-22;1-4-38-27-15-26-23(25(16-31-26)28(35)30(37)32-12-8-9-13-32)14-24(27)29(36)34-18-20(2)33(17-21(34)3)19-22-10-6-5-7-11-22;7-14-6-2-1-4(8(10)11)3-5(6)9(12)13/h5-7,10-11,14-15,19-21H,4,8-9,12-13,16-18,31H2,1-3H3;5-7,10-11,14-16,20-21,31H,4,8-9,12-13,17-19H2,1-3H3;1-3H,7H2/t2*20-,21+;/m00./s1. The zero-order chi connectivity index (χ0) is 65.2. The number of aromatic nitrogens is 2. The Bertz CT molecular complexity index is 3830. The van der Waals surface area contributed by atoms with Crippen molar-refractivity contribution in [3.05, 3.63) is 169 Å². The Balaban J connectivity index is 0.000000178. The molecule has 4 aliphatic rings. The summed E-state index contributed by atoms with van der Waals surface area (Å²) in [6.07, 6.45) is 6.65. The van der Waals surface area contributed by atoms with Crippen LogP contribution in [0.15, 0.2) is 116 Å². The average molecular weight is 1250 g/mol. The number of benzene rings is 5. The molecule has 25 nitrogen and oxygen atoms in total. The molecule has 25 heteroatoms. The molecular formula is C66H78N12O13.